The van der Waals surface area contributed by atoms with E-state index in [1.54, 1.807) is 6.07 Å². The van der Waals surface area contributed by atoms with Gasteiger partial charge in [0.25, 0.3) is 0 Å². The van der Waals surface area contributed by atoms with Crippen LogP contribution >= 0.6 is 0 Å². The second-order valence-corrected chi connectivity index (χ2v) is 9.67. The summed E-state index contributed by atoms with van der Waals surface area (Å²) in [5.41, 5.74) is -1.34. The number of aliphatic hydroxyl groups excluding tert-OH is 2. The molecule has 0 bridgehead atoms. The lowest BCUT2D eigenvalue weighted by atomic mass is 10.1. The van der Waals surface area contributed by atoms with Gasteiger partial charge in [-0.15, -0.1) is 0 Å². The first-order chi connectivity index (χ1) is 15.3. The van der Waals surface area contributed by atoms with Gasteiger partial charge in [-0.3, -0.25) is 0 Å². The Morgan fingerprint density at radius 2 is 2.09 bits per heavy atom. The average Bonchev–Trinajstić information content (AvgIpc) is 3.00. The van der Waals surface area contributed by atoms with Crippen molar-refractivity contribution in [2.45, 2.75) is 42.7 Å². The summed E-state index contributed by atoms with van der Waals surface area (Å²) in [5, 5.41) is 42.4. The van der Waals surface area contributed by atoms with E-state index < -0.39 is 39.8 Å². The van der Waals surface area contributed by atoms with Gasteiger partial charge in [-0.2, -0.15) is 5.26 Å². The number of sulfonamides is 1. The second-order valence-electron chi connectivity index (χ2n) is 7.98. The van der Waals surface area contributed by atoms with Crippen molar-refractivity contribution in [2.24, 2.45) is 7.05 Å². The number of aliphatic hydroxyl groups is 3. The Morgan fingerprint density at radius 3 is 2.73 bits per heavy atom. The molecule has 176 valence electrons. The Kier molecular flexibility index (Phi) is 6.70. The molecule has 0 radical (unpaired) electrons. The first-order valence-corrected chi connectivity index (χ1v) is 11.2. The predicted octanol–water partition coefficient (Wildman–Crippen LogP) is 0.313. The smallest absolute Gasteiger partial charge is 0.246 e. The number of nitriles is 1. The summed E-state index contributed by atoms with van der Waals surface area (Å²) in [6.07, 6.45) is -1.72. The highest BCUT2D eigenvalue weighted by molar-refractivity contribution is 7.89. The third kappa shape index (κ3) is 5.45. The zero-order chi connectivity index (χ0) is 24.6. The van der Waals surface area contributed by atoms with Crippen molar-refractivity contribution in [2.75, 3.05) is 11.9 Å². The number of nitrogens with one attached hydrogen (secondary N) is 2. The third-order valence-corrected chi connectivity index (χ3v) is 6.19. The number of hydrogen-bond donors (Lipinski definition) is 5. The van der Waals surface area contributed by atoms with Gasteiger partial charge in [-0.1, -0.05) is 11.8 Å². The van der Waals surface area contributed by atoms with Crippen LogP contribution in [-0.4, -0.2) is 52.7 Å². The summed E-state index contributed by atoms with van der Waals surface area (Å²) < 4.78 is 48.7. The standard InChI is InChI=1S/C21H23FN4O6S/c1-21(2,29)7-6-16(27)15-11-32-19-17(33(30,31)25-15)10-26(3)18(19)20(28)24-13-4-5-14(22)12(8-13)9-23/h4-5,8,10,15-16,20,24-25,27-29H,11H2,1-3H3. The van der Waals surface area contributed by atoms with Gasteiger partial charge >= 0.3 is 0 Å². The number of nitrogens with zero attached hydrogens (tertiary/aromatic N) is 2. The van der Waals surface area contributed by atoms with E-state index in [2.05, 4.69) is 21.9 Å². The molecule has 5 N–H and O–H groups in total. The minimum absolute atomic E-state index is 0.0518. The maximum atomic E-state index is 13.6. The van der Waals surface area contributed by atoms with Crippen LogP contribution in [0.25, 0.3) is 0 Å². The van der Waals surface area contributed by atoms with E-state index in [-0.39, 0.29) is 34.2 Å². The molecule has 1 aliphatic heterocycles. The van der Waals surface area contributed by atoms with Crippen molar-refractivity contribution >= 4 is 15.7 Å². The van der Waals surface area contributed by atoms with Crippen LogP contribution in [0.5, 0.6) is 5.75 Å². The van der Waals surface area contributed by atoms with Crippen LogP contribution in [-0.2, 0) is 17.1 Å². The van der Waals surface area contributed by atoms with Crippen LogP contribution in [0.1, 0.15) is 31.3 Å². The molecule has 1 aliphatic rings. The fraction of sp³-hybridized carbons (Fsp3) is 0.381. The van der Waals surface area contributed by atoms with E-state index >= 15 is 0 Å². The summed E-state index contributed by atoms with van der Waals surface area (Å²) in [5.74, 6) is 3.96. The normalized spacial score (nSPS) is 19.0. The van der Waals surface area contributed by atoms with Gasteiger partial charge in [0, 0.05) is 18.9 Å². The molecule has 3 unspecified atom stereocenters. The highest BCUT2D eigenvalue weighted by Crippen LogP contribution is 2.36. The highest BCUT2D eigenvalue weighted by atomic mass is 32.2. The zero-order valence-electron chi connectivity index (χ0n) is 18.0. The van der Waals surface area contributed by atoms with E-state index in [4.69, 9.17) is 10.00 Å². The Hall–Kier alpha value is -3.13. The van der Waals surface area contributed by atoms with E-state index in [1.165, 1.54) is 43.8 Å². The first-order valence-electron chi connectivity index (χ1n) is 9.74. The maximum absolute atomic E-state index is 13.6. The summed E-state index contributed by atoms with van der Waals surface area (Å²) in [7, 11) is -2.67. The zero-order valence-corrected chi connectivity index (χ0v) is 18.8. The number of benzene rings is 1. The number of halogens is 1. The van der Waals surface area contributed by atoms with Crippen LogP contribution in [0.15, 0.2) is 29.3 Å². The molecule has 12 heteroatoms. The number of hydrogen-bond acceptors (Lipinski definition) is 8. The lowest BCUT2D eigenvalue weighted by Gasteiger charge is -2.20. The molecule has 1 aromatic heterocycles. The van der Waals surface area contributed by atoms with Crippen molar-refractivity contribution in [1.82, 2.24) is 9.29 Å². The molecule has 0 saturated carbocycles. The number of rotatable bonds is 4. The molecule has 3 atom stereocenters. The molecule has 0 spiro atoms. The van der Waals surface area contributed by atoms with Gasteiger partial charge in [0.05, 0.1) is 11.6 Å². The average molecular weight is 479 g/mol. The molecule has 0 fully saturated rings. The van der Waals surface area contributed by atoms with Crippen molar-refractivity contribution in [3.8, 4) is 23.7 Å². The fourth-order valence-corrected chi connectivity index (χ4v) is 4.57. The lowest BCUT2D eigenvalue weighted by molar-refractivity contribution is 0.136. The van der Waals surface area contributed by atoms with Crippen LogP contribution in [0, 0.1) is 29.0 Å². The van der Waals surface area contributed by atoms with Gasteiger partial charge in [0.2, 0.25) is 10.0 Å². The molecule has 0 amide bonds. The van der Waals surface area contributed by atoms with Crippen molar-refractivity contribution < 1.29 is 32.9 Å². The largest absolute Gasteiger partial charge is 0.488 e. The molecule has 0 aliphatic carbocycles. The Morgan fingerprint density at radius 1 is 1.39 bits per heavy atom. The molecular weight excluding hydrogens is 455 g/mol. The van der Waals surface area contributed by atoms with Gasteiger partial charge in [-0.25, -0.2) is 17.5 Å². The molecule has 2 heterocycles. The Bertz CT molecular complexity index is 1270. The van der Waals surface area contributed by atoms with Gasteiger partial charge in [0.15, 0.2) is 12.0 Å². The fourth-order valence-electron chi connectivity index (χ4n) is 3.15. The van der Waals surface area contributed by atoms with E-state index in [0.29, 0.717) is 0 Å². The van der Waals surface area contributed by atoms with Crippen LogP contribution in [0.3, 0.4) is 0 Å². The number of aromatic nitrogens is 1. The molecule has 2 aromatic rings. The molecule has 1 aromatic carbocycles. The van der Waals surface area contributed by atoms with E-state index in [9.17, 15) is 28.1 Å². The maximum Gasteiger partial charge on any atom is 0.246 e. The molecular formula is C21H23FN4O6S. The lowest BCUT2D eigenvalue weighted by Crippen LogP contribution is -2.45. The minimum Gasteiger partial charge on any atom is -0.488 e. The first kappa shape index (κ1) is 24.5. The topological polar surface area (TPSA) is 157 Å². The second kappa shape index (κ2) is 9.02. The number of anilines is 1. The van der Waals surface area contributed by atoms with Crippen molar-refractivity contribution in [3.63, 3.8) is 0 Å². The summed E-state index contributed by atoms with van der Waals surface area (Å²) >= 11 is 0. The SMILES string of the molecule is Cn1cc2c(c1C(O)Nc1ccc(F)c(C#N)c1)OCC(C(O)C#CC(C)(C)O)NS2(=O)=O. The van der Waals surface area contributed by atoms with Gasteiger partial charge < -0.3 is 29.9 Å². The predicted molar refractivity (Wildman–Crippen MR) is 115 cm³/mol. The van der Waals surface area contributed by atoms with Crippen molar-refractivity contribution in [1.29, 1.82) is 5.26 Å². The quantitative estimate of drug-likeness (QED) is 0.311. The Balaban J connectivity index is 1.91. The highest BCUT2D eigenvalue weighted by Gasteiger charge is 2.36. The van der Waals surface area contributed by atoms with Crippen LogP contribution in [0.4, 0.5) is 10.1 Å². The minimum atomic E-state index is -4.17. The number of aryl methyl sites for hydroxylation is 1. The number of fused-ring (bicyclic) bond motifs is 1. The van der Waals surface area contributed by atoms with Gasteiger partial charge in [0.1, 0.15) is 40.8 Å². The molecule has 10 nitrogen and oxygen atoms in total. The summed E-state index contributed by atoms with van der Waals surface area (Å²) in [6.45, 7) is 2.52. The molecule has 3 rings (SSSR count). The van der Waals surface area contributed by atoms with E-state index in [1.807, 2.05) is 0 Å². The van der Waals surface area contributed by atoms with Crippen LogP contribution in [0.2, 0.25) is 0 Å². The van der Waals surface area contributed by atoms with Crippen LogP contribution < -0.4 is 14.8 Å². The van der Waals surface area contributed by atoms with E-state index in [0.717, 1.165) is 6.07 Å². The third-order valence-electron chi connectivity index (χ3n) is 4.71. The van der Waals surface area contributed by atoms with Crippen molar-refractivity contribution in [3.05, 3.63) is 41.5 Å². The summed E-state index contributed by atoms with van der Waals surface area (Å²) in [6, 6.07) is 4.13. The monoisotopic (exact) mass is 478 g/mol. The van der Waals surface area contributed by atoms with Gasteiger partial charge in [-0.05, 0) is 32.0 Å². The molecule has 33 heavy (non-hydrogen) atoms. The number of ether oxygens (including phenoxy) is 1. The molecule has 0 saturated heterocycles. The Labute approximate surface area is 190 Å². The summed E-state index contributed by atoms with van der Waals surface area (Å²) in [4.78, 5) is -0.261.